The molecule has 0 spiro atoms. The molecule has 2 aliphatic rings. The van der Waals surface area contributed by atoms with E-state index in [1.807, 2.05) is 24.3 Å². The van der Waals surface area contributed by atoms with Crippen molar-refractivity contribution in [2.45, 2.75) is 44.0 Å². The summed E-state index contributed by atoms with van der Waals surface area (Å²) in [5.41, 5.74) is 2.26. The minimum atomic E-state index is -1.10. The van der Waals surface area contributed by atoms with E-state index in [0.29, 0.717) is 22.5 Å². The predicted octanol–water partition coefficient (Wildman–Crippen LogP) is 2.87. The summed E-state index contributed by atoms with van der Waals surface area (Å²) in [6.45, 7) is 6.01. The third kappa shape index (κ3) is 5.72. The number of esters is 2. The van der Waals surface area contributed by atoms with Crippen LogP contribution in [0.3, 0.4) is 0 Å². The standard InChI is InChI=1S/C23H24O7S/c1-13(2)22(26)30-14(3)28-11-16(24)12-29-23(27)17-8-9-19(25)18-10-15-6-4-5-7-20(15)31-21(17)18/h4-8,14,16,24H,1,9-12H2,2-3H3. The summed E-state index contributed by atoms with van der Waals surface area (Å²) >= 11 is 1.38. The Morgan fingerprint density at radius 1 is 1.26 bits per heavy atom. The van der Waals surface area contributed by atoms with Crippen LogP contribution >= 0.6 is 11.8 Å². The number of hydrogen-bond acceptors (Lipinski definition) is 8. The molecule has 2 unspecified atom stereocenters. The van der Waals surface area contributed by atoms with Crippen LogP contribution in [-0.4, -0.2) is 48.4 Å². The average Bonchev–Trinajstić information content (AvgIpc) is 2.75. The molecule has 1 N–H and O–H groups in total. The molecule has 0 fully saturated rings. The lowest BCUT2D eigenvalue weighted by atomic mass is 9.92. The molecule has 0 saturated heterocycles. The quantitative estimate of drug-likeness (QED) is 0.371. The number of fused-ring (bicyclic) bond motifs is 1. The summed E-state index contributed by atoms with van der Waals surface area (Å²) in [6.07, 6.45) is 0.219. The van der Waals surface area contributed by atoms with E-state index in [-0.39, 0.29) is 31.0 Å². The molecule has 164 valence electrons. The van der Waals surface area contributed by atoms with Crippen LogP contribution in [0.2, 0.25) is 0 Å². The number of aliphatic hydroxyl groups is 1. The van der Waals surface area contributed by atoms with Gasteiger partial charge >= 0.3 is 11.9 Å². The van der Waals surface area contributed by atoms with Gasteiger partial charge in [-0.3, -0.25) is 4.79 Å². The van der Waals surface area contributed by atoms with Crippen molar-refractivity contribution < 1.29 is 33.7 Å². The number of carbonyl (C=O) groups is 3. The average molecular weight is 445 g/mol. The van der Waals surface area contributed by atoms with Crippen molar-refractivity contribution in [2.24, 2.45) is 0 Å². The Balaban J connectivity index is 1.54. The Bertz CT molecular complexity index is 976. The third-order valence-corrected chi connectivity index (χ3v) is 5.96. The zero-order valence-electron chi connectivity index (χ0n) is 17.4. The number of allylic oxidation sites excluding steroid dienone is 2. The van der Waals surface area contributed by atoms with Crippen molar-refractivity contribution in [3.8, 4) is 0 Å². The molecule has 1 aromatic carbocycles. The number of ketones is 1. The number of aliphatic hydroxyl groups excluding tert-OH is 1. The maximum absolute atomic E-state index is 12.7. The van der Waals surface area contributed by atoms with Crippen LogP contribution in [-0.2, 0) is 35.0 Å². The van der Waals surface area contributed by atoms with Gasteiger partial charge in [0.1, 0.15) is 12.7 Å². The van der Waals surface area contributed by atoms with Gasteiger partial charge in [-0.05, 0) is 25.5 Å². The van der Waals surface area contributed by atoms with E-state index in [4.69, 9.17) is 14.2 Å². The van der Waals surface area contributed by atoms with Crippen LogP contribution in [0, 0.1) is 0 Å². The van der Waals surface area contributed by atoms with Crippen LogP contribution in [0.4, 0.5) is 0 Å². The van der Waals surface area contributed by atoms with E-state index in [1.165, 1.54) is 25.6 Å². The molecule has 2 atom stereocenters. The van der Waals surface area contributed by atoms with Gasteiger partial charge in [0, 0.05) is 33.8 Å². The Labute approximate surface area is 184 Å². The fraction of sp³-hybridized carbons (Fsp3) is 0.348. The molecule has 1 aliphatic carbocycles. The highest BCUT2D eigenvalue weighted by Gasteiger charge is 2.32. The largest absolute Gasteiger partial charge is 0.459 e. The molecule has 0 radical (unpaired) electrons. The fourth-order valence-corrected chi connectivity index (χ4v) is 4.27. The number of benzene rings is 1. The van der Waals surface area contributed by atoms with Gasteiger partial charge in [-0.2, -0.15) is 0 Å². The van der Waals surface area contributed by atoms with Crippen LogP contribution in [0.15, 0.2) is 63.4 Å². The lowest BCUT2D eigenvalue weighted by Crippen LogP contribution is -2.29. The predicted molar refractivity (Wildman–Crippen MR) is 114 cm³/mol. The summed E-state index contributed by atoms with van der Waals surface area (Å²) in [7, 11) is 0. The molecule has 1 aliphatic heterocycles. The first kappa shape index (κ1) is 23.0. The van der Waals surface area contributed by atoms with Crippen molar-refractivity contribution >= 4 is 29.5 Å². The number of rotatable bonds is 8. The van der Waals surface area contributed by atoms with Crippen molar-refractivity contribution in [2.75, 3.05) is 13.2 Å². The van der Waals surface area contributed by atoms with Crippen LogP contribution in [0.5, 0.6) is 0 Å². The van der Waals surface area contributed by atoms with E-state index in [2.05, 4.69) is 6.58 Å². The Hall–Kier alpha value is -2.68. The van der Waals surface area contributed by atoms with Crippen molar-refractivity contribution in [3.05, 3.63) is 64.1 Å². The van der Waals surface area contributed by atoms with Gasteiger partial charge in [0.25, 0.3) is 0 Å². The molecule has 0 amide bonds. The lowest BCUT2D eigenvalue weighted by Gasteiger charge is -2.25. The number of thioether (sulfide) groups is 1. The minimum Gasteiger partial charge on any atom is -0.459 e. The first-order valence-electron chi connectivity index (χ1n) is 9.82. The second-order valence-corrected chi connectivity index (χ2v) is 8.33. The molecule has 3 rings (SSSR count). The molecular weight excluding hydrogens is 420 g/mol. The Morgan fingerprint density at radius 3 is 2.74 bits per heavy atom. The second-order valence-electron chi connectivity index (χ2n) is 7.28. The van der Waals surface area contributed by atoms with Gasteiger partial charge in [0.05, 0.1) is 12.2 Å². The van der Waals surface area contributed by atoms with Gasteiger partial charge in [-0.25, -0.2) is 9.59 Å². The SMILES string of the molecule is C=C(C)C(=O)OC(C)OCC(O)COC(=O)C1=CCC(=O)C2=C1Sc1ccccc1C2. The normalized spacial score (nSPS) is 17.1. The molecule has 0 bridgehead atoms. The highest BCUT2D eigenvalue weighted by atomic mass is 32.2. The molecule has 8 heteroatoms. The molecule has 31 heavy (non-hydrogen) atoms. The third-order valence-electron chi connectivity index (χ3n) is 4.67. The maximum atomic E-state index is 12.7. The van der Waals surface area contributed by atoms with Crippen LogP contribution in [0.1, 0.15) is 25.8 Å². The fourth-order valence-electron chi connectivity index (χ4n) is 3.05. The van der Waals surface area contributed by atoms with Gasteiger partial charge in [-0.1, -0.05) is 42.6 Å². The summed E-state index contributed by atoms with van der Waals surface area (Å²) in [5, 5.41) is 10.0. The zero-order valence-corrected chi connectivity index (χ0v) is 18.2. The first-order chi connectivity index (χ1) is 14.8. The van der Waals surface area contributed by atoms with Crippen molar-refractivity contribution in [3.63, 3.8) is 0 Å². The highest BCUT2D eigenvalue weighted by molar-refractivity contribution is 8.03. The molecule has 0 saturated carbocycles. The van der Waals surface area contributed by atoms with Crippen LogP contribution in [0.25, 0.3) is 0 Å². The number of hydrogen-bond donors (Lipinski definition) is 1. The molecular formula is C23H24O7S. The van der Waals surface area contributed by atoms with Crippen molar-refractivity contribution in [1.82, 2.24) is 0 Å². The zero-order chi connectivity index (χ0) is 22.5. The number of carbonyl (C=O) groups excluding carboxylic acids is 3. The summed E-state index contributed by atoms with van der Waals surface area (Å²) in [6, 6.07) is 7.76. The van der Waals surface area contributed by atoms with Gasteiger partial charge in [0.15, 0.2) is 5.78 Å². The van der Waals surface area contributed by atoms with E-state index in [0.717, 1.165) is 10.5 Å². The smallest absolute Gasteiger partial charge is 0.339 e. The van der Waals surface area contributed by atoms with Crippen LogP contribution < -0.4 is 0 Å². The Kier molecular flexibility index (Phi) is 7.48. The van der Waals surface area contributed by atoms with E-state index in [1.54, 1.807) is 6.08 Å². The molecule has 1 heterocycles. The van der Waals surface area contributed by atoms with Gasteiger partial charge < -0.3 is 19.3 Å². The summed E-state index contributed by atoms with van der Waals surface area (Å²) in [5.74, 6) is -1.20. The lowest BCUT2D eigenvalue weighted by molar-refractivity contribution is -0.177. The summed E-state index contributed by atoms with van der Waals surface area (Å²) < 4.78 is 15.4. The molecule has 1 aromatic rings. The van der Waals surface area contributed by atoms with E-state index >= 15 is 0 Å². The first-order valence-corrected chi connectivity index (χ1v) is 10.6. The van der Waals surface area contributed by atoms with E-state index in [9.17, 15) is 19.5 Å². The Morgan fingerprint density at radius 2 is 2.00 bits per heavy atom. The maximum Gasteiger partial charge on any atom is 0.339 e. The van der Waals surface area contributed by atoms with Crippen molar-refractivity contribution in [1.29, 1.82) is 0 Å². The number of ether oxygens (including phenoxy) is 3. The van der Waals surface area contributed by atoms with Gasteiger partial charge in [-0.15, -0.1) is 0 Å². The van der Waals surface area contributed by atoms with E-state index < -0.39 is 24.3 Å². The number of Topliss-reactive ketones (excluding diaryl/α,β-unsaturated/α-hetero) is 1. The molecule has 0 aromatic heterocycles. The monoisotopic (exact) mass is 444 g/mol. The topological polar surface area (TPSA) is 99.1 Å². The summed E-state index contributed by atoms with van der Waals surface area (Å²) in [4.78, 5) is 38.1. The molecule has 7 nitrogen and oxygen atoms in total. The second kappa shape index (κ2) is 10.1. The minimum absolute atomic E-state index is 0.000262. The van der Waals surface area contributed by atoms with Gasteiger partial charge in [0.2, 0.25) is 6.29 Å². The highest BCUT2D eigenvalue weighted by Crippen LogP contribution is 2.44.